The van der Waals surface area contributed by atoms with E-state index in [4.69, 9.17) is 10.00 Å². The Morgan fingerprint density at radius 1 is 1.10 bits per heavy atom. The smallest absolute Gasteiger partial charge is 0.265 e. The lowest BCUT2D eigenvalue weighted by Crippen LogP contribution is -2.27. The summed E-state index contributed by atoms with van der Waals surface area (Å²) < 4.78 is 31.7. The molecule has 0 unspecified atom stereocenters. The molecule has 21 heavy (non-hydrogen) atoms. The number of benzene rings is 2. The van der Waals surface area contributed by atoms with Gasteiger partial charge in [0.25, 0.3) is 10.0 Å². The van der Waals surface area contributed by atoms with Crippen LogP contribution < -0.4 is 9.04 Å². The zero-order valence-electron chi connectivity index (χ0n) is 11.6. The molecule has 6 heteroatoms. The Morgan fingerprint density at radius 2 is 1.71 bits per heavy atom. The topological polar surface area (TPSA) is 70.4 Å². The van der Waals surface area contributed by atoms with Gasteiger partial charge in [0.05, 0.1) is 18.4 Å². The highest BCUT2D eigenvalue weighted by molar-refractivity contribution is 7.92. The van der Waals surface area contributed by atoms with Crippen LogP contribution in [0.1, 0.15) is 5.56 Å². The van der Waals surface area contributed by atoms with Gasteiger partial charge in [-0.15, -0.1) is 0 Å². The maximum absolute atomic E-state index is 12.7. The molecule has 0 atom stereocenters. The van der Waals surface area contributed by atoms with E-state index in [0.717, 1.165) is 4.31 Å². The molecule has 0 spiro atoms. The first-order valence-electron chi connectivity index (χ1n) is 6.13. The minimum Gasteiger partial charge on any atom is -0.495 e. The van der Waals surface area contributed by atoms with Crippen molar-refractivity contribution in [1.29, 1.82) is 5.26 Å². The molecule has 0 radical (unpaired) electrons. The average molecular weight is 302 g/mol. The molecular formula is C15H14N2O3S. The minimum atomic E-state index is -3.84. The predicted molar refractivity (Wildman–Crippen MR) is 79.7 cm³/mol. The van der Waals surface area contributed by atoms with Crippen LogP contribution in [0.15, 0.2) is 53.4 Å². The Balaban J connectivity index is 2.56. The van der Waals surface area contributed by atoms with Gasteiger partial charge in [0.15, 0.2) is 0 Å². The predicted octanol–water partition coefficient (Wildman–Crippen LogP) is 2.39. The summed E-state index contributed by atoms with van der Waals surface area (Å²) in [5.74, 6) is 0.443. The van der Waals surface area contributed by atoms with Gasteiger partial charge in [0.1, 0.15) is 16.7 Å². The van der Waals surface area contributed by atoms with Gasteiger partial charge in [-0.3, -0.25) is 4.31 Å². The van der Waals surface area contributed by atoms with Crippen LogP contribution in [-0.4, -0.2) is 22.6 Å². The quantitative estimate of drug-likeness (QED) is 0.869. The van der Waals surface area contributed by atoms with Gasteiger partial charge in [-0.25, -0.2) is 8.42 Å². The summed E-state index contributed by atoms with van der Waals surface area (Å²) in [4.78, 5) is -0.0269. The van der Waals surface area contributed by atoms with Gasteiger partial charge in [-0.2, -0.15) is 5.26 Å². The number of ether oxygens (including phenoxy) is 1. The highest BCUT2D eigenvalue weighted by Crippen LogP contribution is 2.31. The Hall–Kier alpha value is -2.52. The number of anilines is 1. The van der Waals surface area contributed by atoms with Crippen LogP contribution in [0.3, 0.4) is 0 Å². The average Bonchev–Trinajstić information content (AvgIpc) is 2.53. The van der Waals surface area contributed by atoms with Gasteiger partial charge in [-0.1, -0.05) is 24.3 Å². The zero-order chi connectivity index (χ0) is 15.5. The SMILES string of the molecule is COc1ccccc1N(C)S(=O)(=O)c1ccccc1C#N. The summed E-state index contributed by atoms with van der Waals surface area (Å²) in [7, 11) is -0.930. The lowest BCUT2D eigenvalue weighted by Gasteiger charge is -2.22. The van der Waals surface area contributed by atoms with Crippen LogP contribution in [0.2, 0.25) is 0 Å². The second kappa shape index (κ2) is 5.85. The molecule has 0 N–H and O–H groups in total. The highest BCUT2D eigenvalue weighted by Gasteiger charge is 2.25. The molecule has 2 aromatic carbocycles. The number of hydrogen-bond acceptors (Lipinski definition) is 4. The van der Waals surface area contributed by atoms with E-state index in [1.807, 2.05) is 6.07 Å². The third kappa shape index (κ3) is 2.69. The molecule has 108 valence electrons. The molecule has 0 saturated carbocycles. The normalized spacial score (nSPS) is 10.7. The van der Waals surface area contributed by atoms with E-state index in [1.54, 1.807) is 36.4 Å². The van der Waals surface area contributed by atoms with Gasteiger partial charge in [0.2, 0.25) is 0 Å². The van der Waals surface area contributed by atoms with Crippen molar-refractivity contribution in [3.8, 4) is 11.8 Å². The van der Waals surface area contributed by atoms with Crippen LogP contribution >= 0.6 is 0 Å². The number of sulfonamides is 1. The second-order valence-electron chi connectivity index (χ2n) is 4.25. The van der Waals surface area contributed by atoms with Gasteiger partial charge in [0, 0.05) is 7.05 Å². The first-order valence-corrected chi connectivity index (χ1v) is 7.57. The van der Waals surface area contributed by atoms with Crippen LogP contribution in [0, 0.1) is 11.3 Å². The third-order valence-corrected chi connectivity index (χ3v) is 4.90. The molecule has 0 aliphatic rings. The minimum absolute atomic E-state index is 0.0269. The van der Waals surface area contributed by atoms with Crippen molar-refractivity contribution in [2.45, 2.75) is 4.90 Å². The van der Waals surface area contributed by atoms with Crippen molar-refractivity contribution in [3.63, 3.8) is 0 Å². The summed E-state index contributed by atoms with van der Waals surface area (Å²) in [6.45, 7) is 0. The summed E-state index contributed by atoms with van der Waals surface area (Å²) in [6.07, 6.45) is 0. The molecule has 5 nitrogen and oxygen atoms in total. The molecular weight excluding hydrogens is 288 g/mol. The molecule has 2 aromatic rings. The van der Waals surface area contributed by atoms with Crippen LogP contribution in [0.25, 0.3) is 0 Å². The summed E-state index contributed by atoms with van der Waals surface area (Å²) in [5, 5.41) is 9.08. The van der Waals surface area contributed by atoms with Crippen molar-refractivity contribution in [3.05, 3.63) is 54.1 Å². The van der Waals surface area contributed by atoms with E-state index >= 15 is 0 Å². The summed E-state index contributed by atoms with van der Waals surface area (Å²) in [5.41, 5.74) is 0.520. The number of para-hydroxylation sites is 2. The van der Waals surface area contributed by atoms with Crippen LogP contribution in [0.4, 0.5) is 5.69 Å². The van der Waals surface area contributed by atoms with Crippen LogP contribution in [0.5, 0.6) is 5.75 Å². The number of nitriles is 1. The summed E-state index contributed by atoms with van der Waals surface area (Å²) >= 11 is 0. The second-order valence-corrected chi connectivity index (χ2v) is 6.19. The molecule has 0 saturated heterocycles. The van der Waals surface area contributed by atoms with E-state index in [-0.39, 0.29) is 10.5 Å². The van der Waals surface area contributed by atoms with Gasteiger partial charge >= 0.3 is 0 Å². The Labute approximate surface area is 124 Å². The zero-order valence-corrected chi connectivity index (χ0v) is 12.5. The monoisotopic (exact) mass is 302 g/mol. The first-order chi connectivity index (χ1) is 10.0. The standard InChI is InChI=1S/C15H14N2O3S/c1-17(13-8-4-5-9-14(13)20-2)21(18,19)15-10-6-3-7-12(15)11-16/h3-10H,1-2H3. The lowest BCUT2D eigenvalue weighted by atomic mass is 10.2. The maximum Gasteiger partial charge on any atom is 0.265 e. The van der Waals surface area contributed by atoms with Crippen molar-refractivity contribution < 1.29 is 13.2 Å². The molecule has 0 aliphatic carbocycles. The number of rotatable bonds is 4. The van der Waals surface area contributed by atoms with E-state index < -0.39 is 10.0 Å². The van der Waals surface area contributed by atoms with Crippen molar-refractivity contribution in [1.82, 2.24) is 0 Å². The van der Waals surface area contributed by atoms with Crippen molar-refractivity contribution >= 4 is 15.7 Å². The van der Waals surface area contributed by atoms with Crippen LogP contribution in [-0.2, 0) is 10.0 Å². The van der Waals surface area contributed by atoms with Gasteiger partial charge < -0.3 is 4.74 Å². The molecule has 0 aromatic heterocycles. The fourth-order valence-corrected chi connectivity index (χ4v) is 3.30. The number of nitrogens with zero attached hydrogens (tertiary/aromatic N) is 2. The van der Waals surface area contributed by atoms with E-state index in [2.05, 4.69) is 0 Å². The Bertz CT molecular complexity index is 795. The Morgan fingerprint density at radius 3 is 2.38 bits per heavy atom. The van der Waals surface area contributed by atoms with E-state index in [1.165, 1.54) is 26.3 Å². The van der Waals surface area contributed by atoms with Gasteiger partial charge in [-0.05, 0) is 24.3 Å². The molecule has 0 amide bonds. The van der Waals surface area contributed by atoms with Crippen molar-refractivity contribution in [2.24, 2.45) is 0 Å². The first kappa shape index (κ1) is 14.9. The molecule has 0 aliphatic heterocycles. The molecule has 0 heterocycles. The lowest BCUT2D eigenvalue weighted by molar-refractivity contribution is 0.416. The Kier molecular flexibility index (Phi) is 4.15. The molecule has 0 fully saturated rings. The molecule has 0 bridgehead atoms. The van der Waals surface area contributed by atoms with E-state index in [0.29, 0.717) is 11.4 Å². The van der Waals surface area contributed by atoms with E-state index in [9.17, 15) is 8.42 Å². The fourth-order valence-electron chi connectivity index (χ4n) is 1.95. The molecule has 2 rings (SSSR count). The fraction of sp³-hybridized carbons (Fsp3) is 0.133. The van der Waals surface area contributed by atoms with Crippen molar-refractivity contribution in [2.75, 3.05) is 18.5 Å². The number of hydrogen-bond donors (Lipinski definition) is 0. The highest BCUT2D eigenvalue weighted by atomic mass is 32.2. The maximum atomic E-state index is 12.7. The third-order valence-electron chi connectivity index (χ3n) is 3.07. The summed E-state index contributed by atoms with van der Waals surface area (Å²) in [6, 6.07) is 14.8. The number of methoxy groups -OCH3 is 1. The largest absolute Gasteiger partial charge is 0.495 e.